The van der Waals surface area contributed by atoms with E-state index >= 15 is 0 Å². The number of aryl methyl sites for hydroxylation is 1. The van der Waals surface area contributed by atoms with Crippen LogP contribution in [0.2, 0.25) is 0 Å². The Bertz CT molecular complexity index is 1250. The van der Waals surface area contributed by atoms with Crippen LogP contribution in [0.5, 0.6) is 0 Å². The Morgan fingerprint density at radius 3 is 2.90 bits per heavy atom. The van der Waals surface area contributed by atoms with E-state index in [1.807, 2.05) is 6.20 Å². The normalized spacial score (nSPS) is 28.9. The molecule has 4 atom stereocenters. The Kier molecular flexibility index (Phi) is 3.77. The van der Waals surface area contributed by atoms with Crippen molar-refractivity contribution in [3.63, 3.8) is 0 Å². The smallest absolute Gasteiger partial charge is 0.145 e. The summed E-state index contributed by atoms with van der Waals surface area (Å²) in [6, 6.07) is 7.15. The van der Waals surface area contributed by atoms with E-state index in [-0.39, 0.29) is 0 Å². The summed E-state index contributed by atoms with van der Waals surface area (Å²) in [5.41, 5.74) is 11.2. The Hall–Kier alpha value is -2.89. The molecule has 0 radical (unpaired) electrons. The van der Waals surface area contributed by atoms with E-state index in [1.165, 1.54) is 43.4 Å². The Morgan fingerprint density at radius 1 is 1.10 bits per heavy atom. The first-order chi connectivity index (χ1) is 14.5. The molecule has 2 aliphatic rings. The largest absolute Gasteiger partial charge is 0.383 e. The van der Waals surface area contributed by atoms with Crippen molar-refractivity contribution in [2.45, 2.75) is 57.9 Å². The number of nitrogen functional groups attached to an aromatic ring is 1. The van der Waals surface area contributed by atoms with Gasteiger partial charge in [0.2, 0.25) is 0 Å². The average Bonchev–Trinajstić information content (AvgIpc) is 3.49. The molecule has 2 fully saturated rings. The number of hydrogen-bond acceptors (Lipinski definition) is 4. The van der Waals surface area contributed by atoms with Gasteiger partial charge in [0.25, 0.3) is 0 Å². The summed E-state index contributed by atoms with van der Waals surface area (Å²) in [5, 5.41) is 0.971. The molecule has 154 valence electrons. The summed E-state index contributed by atoms with van der Waals surface area (Å²) < 4.78 is 4.53. The maximum absolute atomic E-state index is 6.07. The molecule has 0 saturated heterocycles. The quantitative estimate of drug-likeness (QED) is 0.520. The maximum Gasteiger partial charge on any atom is 0.145 e. The van der Waals surface area contributed by atoms with E-state index in [0.717, 1.165) is 16.7 Å². The van der Waals surface area contributed by atoms with Gasteiger partial charge in [-0.25, -0.2) is 15.0 Å². The van der Waals surface area contributed by atoms with Gasteiger partial charge in [0.1, 0.15) is 23.4 Å². The first-order valence-corrected chi connectivity index (χ1v) is 11.0. The molecule has 6 rings (SSSR count). The van der Waals surface area contributed by atoms with Crippen molar-refractivity contribution < 1.29 is 0 Å². The van der Waals surface area contributed by atoms with Crippen molar-refractivity contribution in [2.24, 2.45) is 11.3 Å². The molecule has 30 heavy (non-hydrogen) atoms. The van der Waals surface area contributed by atoms with Crippen LogP contribution in [0.3, 0.4) is 0 Å². The van der Waals surface area contributed by atoms with Gasteiger partial charge in [0.15, 0.2) is 0 Å². The second-order valence-electron chi connectivity index (χ2n) is 9.70. The third-order valence-corrected chi connectivity index (χ3v) is 7.85. The van der Waals surface area contributed by atoms with E-state index in [1.54, 1.807) is 6.33 Å². The number of imidazole rings is 1. The van der Waals surface area contributed by atoms with Gasteiger partial charge in [-0.1, -0.05) is 6.92 Å². The van der Waals surface area contributed by atoms with Gasteiger partial charge in [0.05, 0.1) is 5.39 Å². The van der Waals surface area contributed by atoms with Gasteiger partial charge in [-0.15, -0.1) is 0 Å². The van der Waals surface area contributed by atoms with Crippen LogP contribution in [0.25, 0.3) is 16.7 Å². The lowest BCUT2D eigenvalue weighted by molar-refractivity contribution is 0.288. The summed E-state index contributed by atoms with van der Waals surface area (Å²) in [7, 11) is 0. The van der Waals surface area contributed by atoms with Crippen LogP contribution >= 0.6 is 0 Å². The monoisotopic (exact) mass is 400 g/mol. The fraction of sp³-hybridized carbons (Fsp3) is 0.458. The number of nitrogens with two attached hydrogens (primary N) is 1. The average molecular weight is 401 g/mol. The molecule has 0 aliphatic heterocycles. The molecular weight excluding hydrogens is 372 g/mol. The second-order valence-corrected chi connectivity index (χ2v) is 9.70. The fourth-order valence-electron chi connectivity index (χ4n) is 6.42. The van der Waals surface area contributed by atoms with E-state index in [4.69, 9.17) is 5.73 Å². The van der Waals surface area contributed by atoms with Crippen LogP contribution < -0.4 is 5.73 Å². The van der Waals surface area contributed by atoms with Gasteiger partial charge in [-0.05, 0) is 80.0 Å². The molecule has 4 unspecified atom stereocenters. The summed E-state index contributed by atoms with van der Waals surface area (Å²) in [4.78, 5) is 13.3. The lowest BCUT2D eigenvalue weighted by Crippen LogP contribution is -2.14. The number of anilines is 1. The van der Waals surface area contributed by atoms with Gasteiger partial charge in [0, 0.05) is 30.3 Å². The molecule has 6 nitrogen and oxygen atoms in total. The van der Waals surface area contributed by atoms with Crippen LogP contribution in [-0.4, -0.2) is 23.9 Å². The minimum absolute atomic E-state index is 0.432. The zero-order valence-electron chi connectivity index (χ0n) is 17.6. The third-order valence-electron chi connectivity index (χ3n) is 7.85. The van der Waals surface area contributed by atoms with Crippen LogP contribution in [-0.2, 0) is 0 Å². The van der Waals surface area contributed by atoms with Crippen LogP contribution in [0, 0.1) is 18.3 Å². The molecule has 1 spiro atoms. The number of fused-ring (bicyclic) bond motifs is 2. The molecule has 4 aromatic rings. The molecule has 2 aliphatic carbocycles. The third kappa shape index (κ3) is 2.59. The fourth-order valence-corrected chi connectivity index (χ4v) is 6.42. The lowest BCUT2D eigenvalue weighted by Gasteiger charge is -2.24. The molecule has 4 heterocycles. The van der Waals surface area contributed by atoms with Crippen LogP contribution in [0.4, 0.5) is 5.82 Å². The number of nitrogens with zero attached hydrogens (tertiary/aromatic N) is 5. The van der Waals surface area contributed by atoms with E-state index in [2.05, 4.69) is 68.4 Å². The van der Waals surface area contributed by atoms with Gasteiger partial charge < -0.3 is 14.7 Å². The van der Waals surface area contributed by atoms with Crippen molar-refractivity contribution in [2.75, 3.05) is 5.73 Å². The van der Waals surface area contributed by atoms with Crippen molar-refractivity contribution >= 4 is 22.5 Å². The molecule has 0 amide bonds. The SMILES string of the molecule is Cc1cnc2cc(C3CCC4(C3)CC(C)C(n3ccc5c(N)ncnc53)C4)ccn12. The predicted molar refractivity (Wildman–Crippen MR) is 118 cm³/mol. The highest BCUT2D eigenvalue weighted by molar-refractivity contribution is 5.86. The topological polar surface area (TPSA) is 74.0 Å². The number of rotatable bonds is 2. The number of aromatic nitrogens is 5. The molecule has 0 aromatic carbocycles. The number of hydrogen-bond donors (Lipinski definition) is 1. The maximum atomic E-state index is 6.07. The Morgan fingerprint density at radius 2 is 2.00 bits per heavy atom. The van der Waals surface area contributed by atoms with E-state index in [9.17, 15) is 0 Å². The summed E-state index contributed by atoms with van der Waals surface area (Å²) in [5.74, 6) is 1.84. The summed E-state index contributed by atoms with van der Waals surface area (Å²) >= 11 is 0. The molecule has 4 aromatic heterocycles. The highest BCUT2D eigenvalue weighted by Crippen LogP contribution is 2.60. The van der Waals surface area contributed by atoms with E-state index in [0.29, 0.717) is 29.1 Å². The minimum Gasteiger partial charge on any atom is -0.383 e. The highest BCUT2D eigenvalue weighted by Gasteiger charge is 2.48. The highest BCUT2D eigenvalue weighted by atomic mass is 15.1. The zero-order chi connectivity index (χ0) is 20.5. The summed E-state index contributed by atoms with van der Waals surface area (Å²) in [6.45, 7) is 4.51. The molecule has 6 heteroatoms. The standard InChI is InChI=1S/C24H28N6/c1-15-10-24(12-20(15)30-8-5-19-22(25)27-14-28-23(19)30)6-3-18(11-24)17-4-7-29-16(2)13-26-21(29)9-17/h4-5,7-9,13-15,18,20H,3,6,10-12H2,1-2H3,(H2,25,27,28). The predicted octanol–water partition coefficient (Wildman–Crippen LogP) is 4.89. The summed E-state index contributed by atoms with van der Waals surface area (Å²) in [6.07, 6.45) is 14.3. The van der Waals surface area contributed by atoms with Crippen LogP contribution in [0.1, 0.15) is 62.2 Å². The lowest BCUT2D eigenvalue weighted by atomic mass is 9.82. The Labute approximate surface area is 176 Å². The molecular formula is C24H28N6. The Balaban J connectivity index is 1.27. The molecule has 0 bridgehead atoms. The molecule has 2 saturated carbocycles. The first-order valence-electron chi connectivity index (χ1n) is 11.0. The van der Waals surface area contributed by atoms with Crippen molar-refractivity contribution in [1.29, 1.82) is 0 Å². The van der Waals surface area contributed by atoms with Crippen LogP contribution in [0.15, 0.2) is 43.1 Å². The van der Waals surface area contributed by atoms with Gasteiger partial charge >= 0.3 is 0 Å². The van der Waals surface area contributed by atoms with Gasteiger partial charge in [-0.2, -0.15) is 0 Å². The minimum atomic E-state index is 0.432. The molecule has 2 N–H and O–H groups in total. The second kappa shape index (κ2) is 6.30. The van der Waals surface area contributed by atoms with Crippen molar-refractivity contribution in [3.8, 4) is 0 Å². The number of pyridine rings is 1. The zero-order valence-corrected chi connectivity index (χ0v) is 17.6. The van der Waals surface area contributed by atoms with E-state index < -0.39 is 0 Å². The van der Waals surface area contributed by atoms with Crippen molar-refractivity contribution in [1.82, 2.24) is 23.9 Å². The first kappa shape index (κ1) is 17.9. The van der Waals surface area contributed by atoms with Gasteiger partial charge in [-0.3, -0.25) is 0 Å². The van der Waals surface area contributed by atoms with Crippen molar-refractivity contribution in [3.05, 3.63) is 54.4 Å².